The van der Waals surface area contributed by atoms with Crippen LogP contribution >= 0.6 is 7.82 Å². The van der Waals surface area contributed by atoms with Crippen molar-refractivity contribution in [2.75, 3.05) is 47.5 Å². The van der Waals surface area contributed by atoms with Gasteiger partial charge in [-0.15, -0.1) is 0 Å². The number of phosphoric acid groups is 1. The van der Waals surface area contributed by atoms with Gasteiger partial charge in [-0.05, 0) is 32.1 Å². The quantitative estimate of drug-likeness (QED) is 0.0647. The fourth-order valence-electron chi connectivity index (χ4n) is 2.94. The Kier molecular flexibility index (Phi) is 19.7. The van der Waals surface area contributed by atoms with E-state index in [0.717, 1.165) is 44.9 Å². The molecular formula is C26H48NO8P. The van der Waals surface area contributed by atoms with Crippen molar-refractivity contribution in [1.82, 2.24) is 0 Å². The van der Waals surface area contributed by atoms with E-state index >= 15 is 0 Å². The zero-order valence-corrected chi connectivity index (χ0v) is 23.8. The molecule has 0 aromatic carbocycles. The summed E-state index contributed by atoms with van der Waals surface area (Å²) >= 11 is 0. The molecule has 0 rings (SSSR count). The van der Waals surface area contributed by atoms with Gasteiger partial charge in [0.25, 0.3) is 7.82 Å². The molecule has 0 N–H and O–H groups in total. The number of ether oxygens (including phenoxy) is 2. The van der Waals surface area contributed by atoms with Crippen LogP contribution in [0.4, 0.5) is 0 Å². The third-order valence-electron chi connectivity index (χ3n) is 5.01. The minimum atomic E-state index is -4.57. The Morgan fingerprint density at radius 3 is 2.19 bits per heavy atom. The number of hydrogen-bond donors (Lipinski definition) is 0. The van der Waals surface area contributed by atoms with Gasteiger partial charge >= 0.3 is 11.9 Å². The van der Waals surface area contributed by atoms with Gasteiger partial charge in [0.1, 0.15) is 19.8 Å². The van der Waals surface area contributed by atoms with Crippen LogP contribution < -0.4 is 4.89 Å². The Balaban J connectivity index is 4.18. The zero-order chi connectivity index (χ0) is 27.3. The van der Waals surface area contributed by atoms with Crippen molar-refractivity contribution in [3.63, 3.8) is 0 Å². The molecule has 10 heteroatoms. The highest BCUT2D eigenvalue weighted by Crippen LogP contribution is 2.38. The van der Waals surface area contributed by atoms with Crippen LogP contribution in [0.5, 0.6) is 0 Å². The number of likely N-dealkylation sites (N-methyl/N-ethyl adjacent to an activating group) is 1. The summed E-state index contributed by atoms with van der Waals surface area (Å²) in [6, 6.07) is 0. The average Bonchev–Trinajstić information content (AvgIpc) is 2.77. The Morgan fingerprint density at radius 1 is 0.917 bits per heavy atom. The number of hydrogen-bond acceptors (Lipinski definition) is 8. The molecule has 0 aromatic heterocycles. The zero-order valence-electron chi connectivity index (χ0n) is 22.9. The van der Waals surface area contributed by atoms with Crippen molar-refractivity contribution in [2.45, 2.75) is 84.2 Å². The largest absolute Gasteiger partial charge is 0.756 e. The second-order valence-corrected chi connectivity index (χ2v) is 11.2. The summed E-state index contributed by atoms with van der Waals surface area (Å²) in [4.78, 5) is 35.3. The van der Waals surface area contributed by atoms with E-state index in [-0.39, 0.29) is 19.6 Å². The molecular weight excluding hydrogens is 485 g/mol. The third kappa shape index (κ3) is 24.2. The number of quaternary nitrogens is 1. The molecule has 0 bridgehead atoms. The van der Waals surface area contributed by atoms with E-state index in [1.807, 2.05) is 21.1 Å². The van der Waals surface area contributed by atoms with E-state index in [1.165, 1.54) is 13.3 Å². The number of unbranched alkanes of at least 4 members (excludes halogenated alkanes) is 6. The van der Waals surface area contributed by atoms with Crippen molar-refractivity contribution in [2.24, 2.45) is 0 Å². The summed E-state index contributed by atoms with van der Waals surface area (Å²) in [6.07, 6.45) is 17.2. The summed E-state index contributed by atoms with van der Waals surface area (Å²) in [5, 5.41) is 0. The minimum Gasteiger partial charge on any atom is -0.756 e. The molecule has 0 aliphatic rings. The van der Waals surface area contributed by atoms with Gasteiger partial charge in [0.15, 0.2) is 6.10 Å². The summed E-state index contributed by atoms with van der Waals surface area (Å²) in [6.45, 7) is 3.04. The van der Waals surface area contributed by atoms with Gasteiger partial charge in [-0.25, -0.2) is 0 Å². The van der Waals surface area contributed by atoms with Gasteiger partial charge in [0, 0.05) is 13.3 Å². The van der Waals surface area contributed by atoms with Crippen molar-refractivity contribution < 1.29 is 42.1 Å². The van der Waals surface area contributed by atoms with E-state index in [4.69, 9.17) is 18.5 Å². The van der Waals surface area contributed by atoms with Crippen LogP contribution in [0.1, 0.15) is 78.1 Å². The van der Waals surface area contributed by atoms with Crippen LogP contribution in [0.2, 0.25) is 0 Å². The molecule has 210 valence electrons. The number of allylic oxidation sites excluding steroid dienone is 4. The molecule has 2 unspecified atom stereocenters. The number of carbonyl (C=O) groups is 2. The molecule has 9 nitrogen and oxygen atoms in total. The summed E-state index contributed by atoms with van der Waals surface area (Å²) < 4.78 is 32.4. The Labute approximate surface area is 218 Å². The summed E-state index contributed by atoms with van der Waals surface area (Å²) in [5.74, 6) is -1.05. The lowest BCUT2D eigenvalue weighted by molar-refractivity contribution is -0.870. The van der Waals surface area contributed by atoms with Gasteiger partial charge < -0.3 is 27.9 Å². The van der Waals surface area contributed by atoms with E-state index < -0.39 is 32.5 Å². The molecule has 0 fully saturated rings. The van der Waals surface area contributed by atoms with Gasteiger partial charge in [-0.3, -0.25) is 14.2 Å². The maximum absolute atomic E-state index is 12.2. The van der Waals surface area contributed by atoms with Crippen molar-refractivity contribution in [3.8, 4) is 0 Å². The normalized spacial score (nSPS) is 14.7. The van der Waals surface area contributed by atoms with Gasteiger partial charge in [0.2, 0.25) is 0 Å². The van der Waals surface area contributed by atoms with Crippen LogP contribution in [0.3, 0.4) is 0 Å². The van der Waals surface area contributed by atoms with Gasteiger partial charge in [0.05, 0.1) is 27.7 Å². The monoisotopic (exact) mass is 533 g/mol. The average molecular weight is 534 g/mol. The Hall–Kier alpha value is -1.51. The molecule has 0 spiro atoms. The van der Waals surface area contributed by atoms with E-state index in [1.54, 1.807) is 0 Å². The minimum absolute atomic E-state index is 0.0364. The molecule has 0 aliphatic heterocycles. The summed E-state index contributed by atoms with van der Waals surface area (Å²) in [5.41, 5.74) is 0. The molecule has 0 radical (unpaired) electrons. The van der Waals surface area contributed by atoms with Crippen LogP contribution in [0.25, 0.3) is 0 Å². The second-order valence-electron chi connectivity index (χ2n) is 9.78. The SMILES string of the molecule is CCC/C=C\C/C=C\CCCCCCCC(=O)OC(COC(C)=O)COP(=O)([O-])OCC[N+](C)(C)C. The number of nitrogens with zero attached hydrogens (tertiary/aromatic N) is 1. The first kappa shape index (κ1) is 34.5. The number of carbonyl (C=O) groups excluding carboxylic acids is 2. The molecule has 36 heavy (non-hydrogen) atoms. The number of phosphoric ester groups is 1. The first-order chi connectivity index (χ1) is 16.9. The van der Waals surface area contributed by atoms with Crippen molar-refractivity contribution in [1.29, 1.82) is 0 Å². The lowest BCUT2D eigenvalue weighted by Gasteiger charge is -2.28. The maximum Gasteiger partial charge on any atom is 0.306 e. The lowest BCUT2D eigenvalue weighted by atomic mass is 10.1. The van der Waals surface area contributed by atoms with Gasteiger partial charge in [-0.2, -0.15) is 0 Å². The molecule has 0 amide bonds. The molecule has 0 saturated carbocycles. The first-order valence-corrected chi connectivity index (χ1v) is 14.4. The van der Waals surface area contributed by atoms with Crippen molar-refractivity contribution in [3.05, 3.63) is 24.3 Å². The fourth-order valence-corrected chi connectivity index (χ4v) is 3.67. The van der Waals surface area contributed by atoms with E-state index in [0.29, 0.717) is 17.4 Å². The molecule has 0 aromatic rings. The van der Waals surface area contributed by atoms with Crippen molar-refractivity contribution >= 4 is 19.8 Å². The second kappa shape index (κ2) is 20.5. The fraction of sp³-hybridized carbons (Fsp3) is 0.769. The molecule has 2 atom stereocenters. The van der Waals surface area contributed by atoms with Crippen LogP contribution in [0.15, 0.2) is 24.3 Å². The number of rotatable bonds is 22. The highest BCUT2D eigenvalue weighted by Gasteiger charge is 2.21. The highest BCUT2D eigenvalue weighted by molar-refractivity contribution is 7.45. The number of esters is 2. The van der Waals surface area contributed by atoms with Crippen LogP contribution in [0, 0.1) is 0 Å². The van der Waals surface area contributed by atoms with E-state index in [9.17, 15) is 19.0 Å². The maximum atomic E-state index is 12.2. The Morgan fingerprint density at radius 2 is 1.56 bits per heavy atom. The molecule has 0 heterocycles. The highest BCUT2D eigenvalue weighted by atomic mass is 31.2. The standard InChI is InChI=1S/C26H48NO8P/c1-6-7-8-9-10-11-12-13-14-15-16-17-18-19-26(29)35-25(22-32-24(2)28)23-34-36(30,31)33-21-20-27(3,4)5/h8-9,11-12,25H,6-7,10,13-23H2,1-5H3/b9-8-,12-11-. The molecule has 0 aliphatic carbocycles. The first-order valence-electron chi connectivity index (χ1n) is 13.0. The molecule has 0 saturated heterocycles. The third-order valence-corrected chi connectivity index (χ3v) is 5.98. The lowest BCUT2D eigenvalue weighted by Crippen LogP contribution is -2.37. The predicted molar refractivity (Wildman–Crippen MR) is 139 cm³/mol. The topological polar surface area (TPSA) is 111 Å². The predicted octanol–water partition coefficient (Wildman–Crippen LogP) is 4.70. The smallest absolute Gasteiger partial charge is 0.306 e. The van der Waals surface area contributed by atoms with Crippen LogP contribution in [-0.4, -0.2) is 70.0 Å². The van der Waals surface area contributed by atoms with E-state index in [2.05, 4.69) is 31.2 Å². The summed E-state index contributed by atoms with van der Waals surface area (Å²) in [7, 11) is 1.14. The van der Waals surface area contributed by atoms with Crippen LogP contribution in [-0.2, 0) is 32.7 Å². The van der Waals surface area contributed by atoms with Gasteiger partial charge in [-0.1, -0.05) is 56.9 Å². The Bertz CT molecular complexity index is 703.